The zero-order valence-corrected chi connectivity index (χ0v) is 24.0. The number of nitrogens with zero attached hydrogens (tertiary/aromatic N) is 3. The first kappa shape index (κ1) is 27.9. The molecule has 0 aliphatic heterocycles. The minimum absolute atomic E-state index is 0.504. The second-order valence-electron chi connectivity index (χ2n) is 10.8. The Morgan fingerprint density at radius 1 is 0.462 bits per heavy atom. The van der Waals surface area contributed by atoms with Crippen LogP contribution in [0.4, 0.5) is 0 Å². The lowest BCUT2D eigenvalue weighted by molar-refractivity contribution is 0.826. The van der Waals surface area contributed by atoms with Crippen LogP contribution in [0.5, 0.6) is 0 Å². The van der Waals surface area contributed by atoms with Gasteiger partial charge in [0.15, 0.2) is 0 Å². The van der Waals surface area contributed by atoms with E-state index in [1.165, 1.54) is 49.1 Å². The van der Waals surface area contributed by atoms with Crippen molar-refractivity contribution < 1.29 is 0 Å². The third-order valence-corrected chi connectivity index (χ3v) is 6.92. The Hall–Kier alpha value is -4.11. The zero-order valence-electron chi connectivity index (χ0n) is 24.0. The fourth-order valence-corrected chi connectivity index (χ4v) is 4.71. The molecule has 0 aliphatic rings. The summed E-state index contributed by atoms with van der Waals surface area (Å²) in [6.45, 7) is 13.2. The highest BCUT2D eigenvalue weighted by molar-refractivity contribution is 5.86. The molecule has 0 amide bonds. The van der Waals surface area contributed by atoms with Crippen molar-refractivity contribution in [3.8, 4) is 0 Å². The maximum absolute atomic E-state index is 4.41. The minimum atomic E-state index is 0.504. The van der Waals surface area contributed by atoms with E-state index in [4.69, 9.17) is 0 Å². The van der Waals surface area contributed by atoms with Gasteiger partial charge < -0.3 is 0 Å². The predicted octanol–water partition coefficient (Wildman–Crippen LogP) is 10.1. The van der Waals surface area contributed by atoms with Crippen LogP contribution in [0.25, 0.3) is 32.3 Å². The topological polar surface area (TPSA) is 38.7 Å². The normalized spacial score (nSPS) is 11.0. The molecule has 39 heavy (non-hydrogen) atoms. The Morgan fingerprint density at radius 2 is 1.05 bits per heavy atom. The highest BCUT2D eigenvalue weighted by Crippen LogP contribution is 2.25. The van der Waals surface area contributed by atoms with E-state index in [0.29, 0.717) is 17.8 Å². The lowest BCUT2D eigenvalue weighted by Gasteiger charge is -2.08. The molecule has 3 aromatic heterocycles. The van der Waals surface area contributed by atoms with Crippen LogP contribution in [0.1, 0.15) is 76.1 Å². The van der Waals surface area contributed by atoms with Crippen LogP contribution in [0.3, 0.4) is 0 Å². The van der Waals surface area contributed by atoms with E-state index in [1.807, 2.05) is 37.1 Å². The van der Waals surface area contributed by atoms with Crippen LogP contribution in [0.15, 0.2) is 110 Å². The smallest absolute Gasteiger partial charge is 0.0435 e. The van der Waals surface area contributed by atoms with Crippen molar-refractivity contribution in [2.24, 2.45) is 0 Å². The average Bonchev–Trinajstić information content (AvgIpc) is 2.96. The Labute approximate surface area is 233 Å². The van der Waals surface area contributed by atoms with E-state index < -0.39 is 0 Å². The van der Waals surface area contributed by atoms with Crippen molar-refractivity contribution in [3.05, 3.63) is 127 Å². The lowest BCUT2D eigenvalue weighted by atomic mass is 9.97. The average molecular weight is 514 g/mol. The summed E-state index contributed by atoms with van der Waals surface area (Å²) in [5, 5.41) is 7.61. The summed E-state index contributed by atoms with van der Waals surface area (Å²) in [6, 6.07) is 27.4. The van der Waals surface area contributed by atoms with Gasteiger partial charge in [0.2, 0.25) is 0 Å². The van der Waals surface area contributed by atoms with Crippen molar-refractivity contribution in [1.82, 2.24) is 15.0 Å². The minimum Gasteiger partial charge on any atom is -0.264 e. The second kappa shape index (κ2) is 13.1. The number of aromatic nitrogens is 3. The fraction of sp³-hybridized carbons (Fsp3) is 0.250. The van der Waals surface area contributed by atoms with Gasteiger partial charge in [-0.2, -0.15) is 0 Å². The number of pyridine rings is 3. The van der Waals surface area contributed by atoms with Gasteiger partial charge in [-0.25, -0.2) is 0 Å². The molecule has 0 unspecified atom stereocenters. The van der Waals surface area contributed by atoms with Crippen molar-refractivity contribution in [2.45, 2.75) is 59.3 Å². The molecule has 0 radical (unpaired) electrons. The standard InChI is InChI=1S/3C12H13N/c1-9(2)11-5-3-4-10-8-13-7-6-12(10)11;1-9(2)11-5-3-4-10-6-7-13-8-12(10)11;1-9(2)12-7-10-5-3-4-6-11(10)8-13-12/h3*3-9H,1-2H3. The molecule has 0 N–H and O–H groups in total. The van der Waals surface area contributed by atoms with Crippen LogP contribution >= 0.6 is 0 Å². The van der Waals surface area contributed by atoms with Crippen LogP contribution in [-0.4, -0.2) is 15.0 Å². The molecule has 6 aromatic rings. The Kier molecular flexibility index (Phi) is 9.38. The van der Waals surface area contributed by atoms with Gasteiger partial charge in [-0.05, 0) is 63.2 Å². The van der Waals surface area contributed by atoms with Gasteiger partial charge in [0.1, 0.15) is 0 Å². The van der Waals surface area contributed by atoms with Crippen molar-refractivity contribution >= 4 is 32.3 Å². The SMILES string of the molecule is CC(C)c1cc2ccccc2cn1.CC(C)c1cccc2ccncc12.CC(C)c1cccc2cnccc12. The summed E-state index contributed by atoms with van der Waals surface area (Å²) in [6.07, 6.45) is 9.51. The number of fused-ring (bicyclic) bond motifs is 3. The van der Waals surface area contributed by atoms with Crippen molar-refractivity contribution in [1.29, 1.82) is 0 Å². The molecule has 0 aliphatic carbocycles. The number of hydrogen-bond donors (Lipinski definition) is 0. The fourth-order valence-electron chi connectivity index (χ4n) is 4.71. The van der Waals surface area contributed by atoms with Crippen molar-refractivity contribution in [3.63, 3.8) is 0 Å². The molecule has 6 rings (SSSR count). The summed E-state index contributed by atoms with van der Waals surface area (Å²) in [5.41, 5.74) is 3.95. The third-order valence-electron chi connectivity index (χ3n) is 6.92. The highest BCUT2D eigenvalue weighted by Gasteiger charge is 2.04. The first-order valence-electron chi connectivity index (χ1n) is 13.8. The Bertz CT molecular complexity index is 1550. The van der Waals surface area contributed by atoms with E-state index in [1.54, 1.807) is 0 Å². The van der Waals surface area contributed by atoms with Gasteiger partial charge in [-0.1, -0.05) is 102 Å². The van der Waals surface area contributed by atoms with E-state index in [0.717, 1.165) is 0 Å². The Balaban J connectivity index is 0.000000136. The van der Waals surface area contributed by atoms with Crippen LogP contribution < -0.4 is 0 Å². The molecule has 3 heterocycles. The van der Waals surface area contributed by atoms with E-state index in [2.05, 4.69) is 129 Å². The van der Waals surface area contributed by atoms with Gasteiger partial charge >= 0.3 is 0 Å². The quantitative estimate of drug-likeness (QED) is 0.236. The molecule has 0 spiro atoms. The van der Waals surface area contributed by atoms with Gasteiger partial charge in [-0.3, -0.25) is 15.0 Å². The van der Waals surface area contributed by atoms with Gasteiger partial charge in [-0.15, -0.1) is 0 Å². The largest absolute Gasteiger partial charge is 0.264 e. The van der Waals surface area contributed by atoms with Gasteiger partial charge in [0.25, 0.3) is 0 Å². The molecule has 0 bridgehead atoms. The maximum atomic E-state index is 4.41. The molecule has 0 saturated carbocycles. The predicted molar refractivity (Wildman–Crippen MR) is 167 cm³/mol. The molecule has 3 heteroatoms. The summed E-state index contributed by atoms with van der Waals surface area (Å²) in [5.74, 6) is 1.64. The number of benzene rings is 3. The monoisotopic (exact) mass is 513 g/mol. The van der Waals surface area contributed by atoms with Gasteiger partial charge in [0.05, 0.1) is 0 Å². The summed E-state index contributed by atoms with van der Waals surface area (Å²) >= 11 is 0. The molecule has 0 fully saturated rings. The van der Waals surface area contributed by atoms with Crippen LogP contribution in [0.2, 0.25) is 0 Å². The van der Waals surface area contributed by atoms with Crippen LogP contribution in [0, 0.1) is 0 Å². The van der Waals surface area contributed by atoms with E-state index in [9.17, 15) is 0 Å². The molecular formula is C36H39N3. The third kappa shape index (κ3) is 7.06. The molecule has 198 valence electrons. The van der Waals surface area contributed by atoms with E-state index >= 15 is 0 Å². The maximum Gasteiger partial charge on any atom is 0.0435 e. The molecular weight excluding hydrogens is 474 g/mol. The summed E-state index contributed by atoms with van der Waals surface area (Å²) in [7, 11) is 0. The molecule has 0 saturated heterocycles. The molecule has 0 atom stereocenters. The summed E-state index contributed by atoms with van der Waals surface area (Å²) < 4.78 is 0. The first-order valence-corrected chi connectivity index (χ1v) is 13.8. The van der Waals surface area contributed by atoms with E-state index in [-0.39, 0.29) is 0 Å². The number of hydrogen-bond acceptors (Lipinski definition) is 3. The molecule has 3 nitrogen and oxygen atoms in total. The van der Waals surface area contributed by atoms with Crippen LogP contribution in [-0.2, 0) is 0 Å². The zero-order chi connectivity index (χ0) is 27.8. The second-order valence-corrected chi connectivity index (χ2v) is 10.8. The number of rotatable bonds is 3. The van der Waals surface area contributed by atoms with Gasteiger partial charge in [0, 0.05) is 52.8 Å². The highest BCUT2D eigenvalue weighted by atomic mass is 14.7. The summed E-state index contributed by atoms with van der Waals surface area (Å²) in [4.78, 5) is 12.7. The first-order chi connectivity index (χ1) is 18.8. The lowest BCUT2D eigenvalue weighted by Crippen LogP contribution is -1.91. The molecule has 3 aromatic carbocycles. The Morgan fingerprint density at radius 3 is 1.74 bits per heavy atom. The van der Waals surface area contributed by atoms with Crippen molar-refractivity contribution in [2.75, 3.05) is 0 Å².